The predicted octanol–water partition coefficient (Wildman–Crippen LogP) is 4.04. The van der Waals surface area contributed by atoms with Gasteiger partial charge in [-0.05, 0) is 54.7 Å². The Morgan fingerprint density at radius 1 is 1.08 bits per heavy atom. The van der Waals surface area contributed by atoms with Gasteiger partial charge in [-0.25, -0.2) is 9.97 Å². The predicted molar refractivity (Wildman–Crippen MR) is 148 cm³/mol. The van der Waals surface area contributed by atoms with E-state index in [1.54, 1.807) is 28.6 Å². The van der Waals surface area contributed by atoms with Gasteiger partial charge in [-0.2, -0.15) is 0 Å². The maximum absolute atomic E-state index is 13.5. The quantitative estimate of drug-likeness (QED) is 0.349. The van der Waals surface area contributed by atoms with Crippen molar-refractivity contribution in [2.24, 2.45) is 0 Å². The van der Waals surface area contributed by atoms with Gasteiger partial charge < -0.3 is 16.4 Å². The number of aryl methyl sites for hydroxylation is 2. The Bertz CT molecular complexity index is 1550. The molecular formula is C29H28N6O2S. The summed E-state index contributed by atoms with van der Waals surface area (Å²) in [6.07, 6.45) is 2.90. The fourth-order valence-electron chi connectivity index (χ4n) is 5.33. The number of hydrogen-bond donors (Lipinski definition) is 3. The molecule has 6 rings (SSSR count). The summed E-state index contributed by atoms with van der Waals surface area (Å²) in [5.74, 6) is 0.603. The van der Waals surface area contributed by atoms with Crippen molar-refractivity contribution in [2.45, 2.75) is 48.1 Å². The first-order valence-corrected chi connectivity index (χ1v) is 13.5. The molecule has 0 spiro atoms. The number of nitrogens with zero attached hydrogens (tertiary/aromatic N) is 3. The van der Waals surface area contributed by atoms with E-state index in [1.807, 2.05) is 25.1 Å². The first-order chi connectivity index (χ1) is 18.5. The van der Waals surface area contributed by atoms with Crippen LogP contribution in [0.5, 0.6) is 0 Å². The minimum absolute atomic E-state index is 0.0824. The summed E-state index contributed by atoms with van der Waals surface area (Å²) in [7, 11) is 0. The Morgan fingerprint density at radius 2 is 1.79 bits per heavy atom. The summed E-state index contributed by atoms with van der Waals surface area (Å²) in [5, 5.41) is 6.29. The largest absolute Gasteiger partial charge is 0.384 e. The molecule has 2 aromatic carbocycles. The highest BCUT2D eigenvalue weighted by Crippen LogP contribution is 2.45. The number of pyridine rings is 1. The maximum Gasteiger partial charge on any atom is 0.294 e. The van der Waals surface area contributed by atoms with Crippen molar-refractivity contribution in [1.82, 2.24) is 19.9 Å². The van der Waals surface area contributed by atoms with E-state index in [9.17, 15) is 9.59 Å². The van der Waals surface area contributed by atoms with E-state index in [0.717, 1.165) is 17.0 Å². The topological polar surface area (TPSA) is 115 Å². The van der Waals surface area contributed by atoms with Crippen LogP contribution in [0.3, 0.4) is 0 Å². The van der Waals surface area contributed by atoms with E-state index < -0.39 is 6.04 Å². The van der Waals surface area contributed by atoms with Crippen LogP contribution in [0, 0.1) is 6.92 Å². The molecule has 192 valence electrons. The van der Waals surface area contributed by atoms with E-state index in [0.29, 0.717) is 31.7 Å². The number of amides is 1. The third-order valence-corrected chi connectivity index (χ3v) is 8.50. The Kier molecular flexibility index (Phi) is 6.37. The summed E-state index contributed by atoms with van der Waals surface area (Å²) >= 11 is 1.77. The molecule has 9 heteroatoms. The Hall–Kier alpha value is -4.11. The van der Waals surface area contributed by atoms with Gasteiger partial charge in [0.2, 0.25) is 5.91 Å². The molecule has 0 radical (unpaired) electrons. The number of nitrogens with two attached hydrogens (primary N) is 1. The third kappa shape index (κ3) is 4.43. The number of benzene rings is 2. The molecule has 0 aliphatic carbocycles. The maximum atomic E-state index is 13.5. The molecule has 8 nitrogen and oxygen atoms in total. The zero-order valence-corrected chi connectivity index (χ0v) is 21.8. The Balaban J connectivity index is 1.22. The number of carbonyl (C=O) groups excluding carboxylic acids is 1. The Labute approximate surface area is 224 Å². The van der Waals surface area contributed by atoms with Crippen LogP contribution in [0.2, 0.25) is 0 Å². The zero-order chi connectivity index (χ0) is 26.2. The molecule has 1 atom stereocenters. The smallest absolute Gasteiger partial charge is 0.294 e. The molecule has 2 aromatic heterocycles. The third-order valence-electron chi connectivity index (χ3n) is 7.31. The fourth-order valence-corrected chi connectivity index (χ4v) is 6.52. The number of hydrogen-bond acceptors (Lipinski definition) is 7. The van der Waals surface area contributed by atoms with Crippen LogP contribution in [0.15, 0.2) is 81.4 Å². The molecule has 1 amide bonds. The van der Waals surface area contributed by atoms with Crippen molar-refractivity contribution in [1.29, 1.82) is 0 Å². The Morgan fingerprint density at radius 3 is 2.50 bits per heavy atom. The average Bonchev–Trinajstić information content (AvgIpc) is 3.36. The van der Waals surface area contributed by atoms with E-state index in [4.69, 9.17) is 5.73 Å². The standard InChI is InChI=1S/C29H28N6O2S/c1-17-18(10-13-26(30)34-17)14-33-28(36)23-12-11-19-15-31-27(29(37)35(19)23)32-16-22-20-6-2-4-8-24(20)38-25-9-5-3-7-21(22)25/h2-10,13,15,22-23H,11-12,14,16H2,1H3,(H2,30,34)(H,31,32)(H,33,36)/t23-/m0/s1. The number of carbonyl (C=O) groups is 1. The van der Waals surface area contributed by atoms with E-state index >= 15 is 0 Å². The highest BCUT2D eigenvalue weighted by molar-refractivity contribution is 7.99. The van der Waals surface area contributed by atoms with Gasteiger partial charge in [-0.3, -0.25) is 14.2 Å². The zero-order valence-electron chi connectivity index (χ0n) is 21.0. The molecule has 4 N–H and O–H groups in total. The van der Waals surface area contributed by atoms with Crippen LogP contribution in [-0.2, 0) is 17.8 Å². The molecule has 0 fully saturated rings. The van der Waals surface area contributed by atoms with Gasteiger partial charge >= 0.3 is 0 Å². The average molecular weight is 525 g/mol. The second-order valence-corrected chi connectivity index (χ2v) is 10.7. The van der Waals surface area contributed by atoms with Crippen molar-refractivity contribution < 1.29 is 4.79 Å². The number of fused-ring (bicyclic) bond motifs is 3. The van der Waals surface area contributed by atoms with Gasteiger partial charge in [0.25, 0.3) is 5.56 Å². The van der Waals surface area contributed by atoms with E-state index in [1.165, 1.54) is 20.9 Å². The summed E-state index contributed by atoms with van der Waals surface area (Å²) in [5.41, 5.74) is 10.4. The lowest BCUT2D eigenvalue weighted by molar-refractivity contribution is -0.124. The molecule has 4 aromatic rings. The lowest BCUT2D eigenvalue weighted by Crippen LogP contribution is -2.36. The van der Waals surface area contributed by atoms with Gasteiger partial charge in [0.15, 0.2) is 5.82 Å². The van der Waals surface area contributed by atoms with Gasteiger partial charge in [-0.1, -0.05) is 54.2 Å². The van der Waals surface area contributed by atoms with Crippen molar-refractivity contribution in [3.63, 3.8) is 0 Å². The van der Waals surface area contributed by atoms with Crippen molar-refractivity contribution >= 4 is 29.3 Å². The van der Waals surface area contributed by atoms with E-state index in [2.05, 4.69) is 57.0 Å². The molecule has 2 aliphatic rings. The summed E-state index contributed by atoms with van der Waals surface area (Å²) in [6, 6.07) is 19.8. The highest BCUT2D eigenvalue weighted by Gasteiger charge is 2.31. The first-order valence-electron chi connectivity index (χ1n) is 12.7. The van der Waals surface area contributed by atoms with Crippen LogP contribution in [0.25, 0.3) is 0 Å². The van der Waals surface area contributed by atoms with Crippen LogP contribution in [0.1, 0.15) is 46.5 Å². The van der Waals surface area contributed by atoms with Gasteiger partial charge in [0.05, 0.1) is 0 Å². The van der Waals surface area contributed by atoms with Gasteiger partial charge in [0, 0.05) is 46.4 Å². The van der Waals surface area contributed by atoms with Gasteiger partial charge in [-0.15, -0.1) is 0 Å². The second kappa shape index (κ2) is 9.98. The number of nitrogen functional groups attached to an aromatic ring is 1. The molecule has 0 saturated heterocycles. The second-order valence-electron chi connectivity index (χ2n) is 9.64. The molecular weight excluding hydrogens is 496 g/mol. The SMILES string of the molecule is Cc1nc(N)ccc1CNC(=O)[C@@H]1CCc2cnc(NCC3c4ccccc4Sc4ccccc43)c(=O)n21. The van der Waals surface area contributed by atoms with Crippen molar-refractivity contribution in [2.75, 3.05) is 17.6 Å². The van der Waals surface area contributed by atoms with Crippen LogP contribution in [0.4, 0.5) is 11.6 Å². The minimum atomic E-state index is -0.573. The highest BCUT2D eigenvalue weighted by atomic mass is 32.2. The number of aromatic nitrogens is 3. The lowest BCUT2D eigenvalue weighted by Gasteiger charge is -2.28. The van der Waals surface area contributed by atoms with Crippen LogP contribution in [-0.4, -0.2) is 27.0 Å². The molecule has 0 bridgehead atoms. The summed E-state index contributed by atoms with van der Waals surface area (Å²) < 4.78 is 1.59. The number of nitrogens with one attached hydrogen (secondary N) is 2. The van der Waals surface area contributed by atoms with Crippen molar-refractivity contribution in [3.05, 3.63) is 105 Å². The number of rotatable bonds is 6. The normalized spacial score (nSPS) is 15.9. The minimum Gasteiger partial charge on any atom is -0.384 e. The van der Waals surface area contributed by atoms with E-state index in [-0.39, 0.29) is 23.2 Å². The monoisotopic (exact) mass is 524 g/mol. The molecule has 38 heavy (non-hydrogen) atoms. The molecule has 0 unspecified atom stereocenters. The fraction of sp³-hybridized carbons (Fsp3) is 0.241. The van der Waals surface area contributed by atoms with Crippen molar-refractivity contribution in [3.8, 4) is 0 Å². The van der Waals surface area contributed by atoms with Gasteiger partial charge in [0.1, 0.15) is 11.9 Å². The summed E-state index contributed by atoms with van der Waals surface area (Å²) in [6.45, 7) is 2.71. The van der Waals surface area contributed by atoms with Crippen LogP contribution >= 0.6 is 11.8 Å². The molecule has 2 aliphatic heterocycles. The number of anilines is 2. The molecule has 4 heterocycles. The first kappa shape index (κ1) is 24.2. The lowest BCUT2D eigenvalue weighted by atomic mass is 9.90. The summed E-state index contributed by atoms with van der Waals surface area (Å²) in [4.78, 5) is 37.8. The van der Waals surface area contributed by atoms with Crippen LogP contribution < -0.4 is 21.9 Å². The molecule has 0 saturated carbocycles.